The Morgan fingerprint density at radius 3 is 2.56 bits per heavy atom. The van der Waals surface area contributed by atoms with Crippen molar-refractivity contribution < 1.29 is 9.57 Å². The molecule has 9 heavy (non-hydrogen) atoms. The fraction of sp³-hybridized carbons (Fsp3) is 1.00. The summed E-state index contributed by atoms with van der Waals surface area (Å²) in [7, 11) is 3.43. The van der Waals surface area contributed by atoms with E-state index in [9.17, 15) is 0 Å². The summed E-state index contributed by atoms with van der Waals surface area (Å²) in [5, 5.41) is 1.91. The van der Waals surface area contributed by atoms with Crippen molar-refractivity contribution in [2.75, 3.05) is 27.3 Å². The van der Waals surface area contributed by atoms with Gasteiger partial charge < -0.3 is 9.57 Å². The minimum absolute atomic E-state index is 0.380. The lowest BCUT2D eigenvalue weighted by Crippen LogP contribution is -2.21. The standard InChI is InChI=1S/C6H13NO2/c1-8-6-3-4-7(5-6)9-2/h6H,3-5H2,1-2H3. The van der Waals surface area contributed by atoms with Crippen LogP contribution >= 0.6 is 0 Å². The maximum atomic E-state index is 5.12. The lowest BCUT2D eigenvalue weighted by Gasteiger charge is -2.10. The highest BCUT2D eigenvalue weighted by molar-refractivity contribution is 4.69. The molecule has 3 nitrogen and oxygen atoms in total. The Kier molecular flexibility index (Phi) is 2.45. The number of hydrogen-bond donors (Lipinski definition) is 0. The predicted octanol–water partition coefficient (Wildman–Crippen LogP) is 0.268. The van der Waals surface area contributed by atoms with Crippen molar-refractivity contribution in [2.24, 2.45) is 0 Å². The molecule has 0 spiro atoms. The number of nitrogens with zero attached hydrogens (tertiary/aromatic N) is 1. The van der Waals surface area contributed by atoms with Crippen molar-refractivity contribution in [3.63, 3.8) is 0 Å². The van der Waals surface area contributed by atoms with Crippen molar-refractivity contribution in [3.05, 3.63) is 0 Å². The van der Waals surface area contributed by atoms with Gasteiger partial charge >= 0.3 is 0 Å². The SMILES string of the molecule is COC1CCN(OC)C1. The van der Waals surface area contributed by atoms with Gasteiger partial charge in [0.15, 0.2) is 0 Å². The maximum absolute atomic E-state index is 5.12. The molecule has 1 aliphatic rings. The molecule has 1 unspecified atom stereocenters. The molecule has 0 aromatic carbocycles. The third kappa shape index (κ3) is 1.64. The average molecular weight is 131 g/mol. The molecule has 0 aromatic rings. The normalized spacial score (nSPS) is 29.3. The molecule has 0 amide bonds. The minimum Gasteiger partial charge on any atom is -0.380 e. The van der Waals surface area contributed by atoms with E-state index in [1.54, 1.807) is 14.2 Å². The number of methoxy groups -OCH3 is 1. The smallest absolute Gasteiger partial charge is 0.0734 e. The summed E-state index contributed by atoms with van der Waals surface area (Å²) in [4.78, 5) is 5.00. The van der Waals surface area contributed by atoms with E-state index in [2.05, 4.69) is 0 Å². The molecule has 0 N–H and O–H groups in total. The first-order valence-corrected chi connectivity index (χ1v) is 3.18. The van der Waals surface area contributed by atoms with Gasteiger partial charge in [0, 0.05) is 13.7 Å². The monoisotopic (exact) mass is 131 g/mol. The Hall–Kier alpha value is -0.120. The minimum atomic E-state index is 0.380. The van der Waals surface area contributed by atoms with E-state index in [1.807, 2.05) is 5.06 Å². The van der Waals surface area contributed by atoms with Gasteiger partial charge in [-0.05, 0) is 6.42 Å². The Labute approximate surface area is 55.5 Å². The first-order chi connectivity index (χ1) is 4.36. The lowest BCUT2D eigenvalue weighted by molar-refractivity contribution is -0.119. The van der Waals surface area contributed by atoms with E-state index in [4.69, 9.17) is 9.57 Å². The highest BCUT2D eigenvalue weighted by atomic mass is 16.7. The summed E-state index contributed by atoms with van der Waals surface area (Å²) in [6.45, 7) is 1.90. The molecule has 1 saturated heterocycles. The van der Waals surface area contributed by atoms with Crippen LogP contribution in [0.4, 0.5) is 0 Å². The Morgan fingerprint density at radius 2 is 2.22 bits per heavy atom. The molecule has 1 rings (SSSR count). The van der Waals surface area contributed by atoms with Gasteiger partial charge in [-0.1, -0.05) is 0 Å². The van der Waals surface area contributed by atoms with Gasteiger partial charge in [0.05, 0.1) is 19.8 Å². The van der Waals surface area contributed by atoms with Gasteiger partial charge in [-0.2, -0.15) is 5.06 Å². The van der Waals surface area contributed by atoms with Crippen LogP contribution in [0.5, 0.6) is 0 Å². The van der Waals surface area contributed by atoms with Crippen LogP contribution in [-0.2, 0) is 9.57 Å². The quantitative estimate of drug-likeness (QED) is 0.537. The molecule has 1 atom stereocenters. The molecular weight excluding hydrogens is 118 g/mol. The van der Waals surface area contributed by atoms with E-state index in [1.165, 1.54) is 0 Å². The Balaban J connectivity index is 2.20. The Bertz CT molecular complexity index is 77.1. The van der Waals surface area contributed by atoms with Crippen LogP contribution in [0.15, 0.2) is 0 Å². The summed E-state index contributed by atoms with van der Waals surface area (Å²) in [6, 6.07) is 0. The van der Waals surface area contributed by atoms with Crippen molar-refractivity contribution >= 4 is 0 Å². The van der Waals surface area contributed by atoms with Gasteiger partial charge in [-0.25, -0.2) is 0 Å². The van der Waals surface area contributed by atoms with Crippen LogP contribution in [0.25, 0.3) is 0 Å². The zero-order valence-corrected chi connectivity index (χ0v) is 5.96. The lowest BCUT2D eigenvalue weighted by atomic mass is 10.3. The number of hydrogen-bond acceptors (Lipinski definition) is 3. The molecule has 0 saturated carbocycles. The molecule has 0 radical (unpaired) electrons. The van der Waals surface area contributed by atoms with Crippen molar-refractivity contribution in [1.29, 1.82) is 0 Å². The zero-order valence-electron chi connectivity index (χ0n) is 5.96. The molecular formula is C6H13NO2. The van der Waals surface area contributed by atoms with Crippen LogP contribution in [0.3, 0.4) is 0 Å². The second-order valence-corrected chi connectivity index (χ2v) is 2.22. The van der Waals surface area contributed by atoms with Gasteiger partial charge in [0.1, 0.15) is 0 Å². The molecule has 54 valence electrons. The first-order valence-electron chi connectivity index (χ1n) is 3.18. The van der Waals surface area contributed by atoms with Gasteiger partial charge in [-0.3, -0.25) is 0 Å². The molecule has 0 bridgehead atoms. The summed E-state index contributed by atoms with van der Waals surface area (Å²) < 4.78 is 5.12. The second-order valence-electron chi connectivity index (χ2n) is 2.22. The Morgan fingerprint density at radius 1 is 1.44 bits per heavy atom. The van der Waals surface area contributed by atoms with Crippen molar-refractivity contribution in [1.82, 2.24) is 5.06 Å². The summed E-state index contributed by atoms with van der Waals surface area (Å²) >= 11 is 0. The van der Waals surface area contributed by atoms with Crippen LogP contribution < -0.4 is 0 Å². The van der Waals surface area contributed by atoms with Gasteiger partial charge in [-0.15, -0.1) is 0 Å². The number of hydroxylamine groups is 2. The predicted molar refractivity (Wildman–Crippen MR) is 34.0 cm³/mol. The molecule has 1 fully saturated rings. The second kappa shape index (κ2) is 3.15. The van der Waals surface area contributed by atoms with E-state index >= 15 is 0 Å². The summed E-state index contributed by atoms with van der Waals surface area (Å²) in [5.74, 6) is 0. The van der Waals surface area contributed by atoms with E-state index in [-0.39, 0.29) is 0 Å². The molecule has 1 heterocycles. The van der Waals surface area contributed by atoms with Crippen LogP contribution in [0, 0.1) is 0 Å². The van der Waals surface area contributed by atoms with E-state index in [0.717, 1.165) is 19.5 Å². The van der Waals surface area contributed by atoms with Crippen LogP contribution in [-0.4, -0.2) is 38.5 Å². The molecule has 1 aliphatic heterocycles. The fourth-order valence-electron chi connectivity index (χ4n) is 1.06. The third-order valence-corrected chi connectivity index (χ3v) is 1.70. The maximum Gasteiger partial charge on any atom is 0.0734 e. The first kappa shape index (κ1) is 6.99. The van der Waals surface area contributed by atoms with Crippen LogP contribution in [0.2, 0.25) is 0 Å². The van der Waals surface area contributed by atoms with Gasteiger partial charge in [0.25, 0.3) is 0 Å². The average Bonchev–Trinajstić information content (AvgIpc) is 2.34. The van der Waals surface area contributed by atoms with Crippen LogP contribution in [0.1, 0.15) is 6.42 Å². The van der Waals surface area contributed by atoms with Crippen molar-refractivity contribution in [2.45, 2.75) is 12.5 Å². The summed E-state index contributed by atoms with van der Waals surface area (Å²) in [5.41, 5.74) is 0. The third-order valence-electron chi connectivity index (χ3n) is 1.70. The van der Waals surface area contributed by atoms with E-state index in [0.29, 0.717) is 6.10 Å². The number of ether oxygens (including phenoxy) is 1. The largest absolute Gasteiger partial charge is 0.380 e. The highest BCUT2D eigenvalue weighted by Gasteiger charge is 2.21. The van der Waals surface area contributed by atoms with Crippen molar-refractivity contribution in [3.8, 4) is 0 Å². The van der Waals surface area contributed by atoms with E-state index < -0.39 is 0 Å². The topological polar surface area (TPSA) is 21.7 Å². The summed E-state index contributed by atoms with van der Waals surface area (Å²) in [6.07, 6.45) is 1.47. The molecule has 3 heteroatoms. The zero-order chi connectivity index (χ0) is 6.69. The fourth-order valence-corrected chi connectivity index (χ4v) is 1.06. The number of rotatable bonds is 2. The molecule has 0 aromatic heterocycles. The van der Waals surface area contributed by atoms with Gasteiger partial charge in [0.2, 0.25) is 0 Å². The highest BCUT2D eigenvalue weighted by Crippen LogP contribution is 2.10. The molecule has 0 aliphatic carbocycles.